The third-order valence-electron chi connectivity index (χ3n) is 4.19. The molecule has 2 N–H and O–H groups in total. The molecule has 0 bridgehead atoms. The third-order valence-corrected chi connectivity index (χ3v) is 4.19. The van der Waals surface area contributed by atoms with E-state index in [2.05, 4.69) is 36.2 Å². The lowest BCUT2D eigenvalue weighted by molar-refractivity contribution is -0.138. The standard InChI is InChI=1S/C18H23N3O4/c1-9(17(23)24)19-15(22)11-7-12(10-5-6-10)20-16-14(11)13(21-25-16)8-18(2,3)4/h7,9-10H,5-6,8H2,1-4H3,(H,19,22)(H,23,24). The van der Waals surface area contributed by atoms with Gasteiger partial charge < -0.3 is 14.9 Å². The molecule has 2 aromatic rings. The molecule has 0 aliphatic heterocycles. The Labute approximate surface area is 145 Å². The number of pyridine rings is 1. The smallest absolute Gasteiger partial charge is 0.325 e. The third kappa shape index (κ3) is 3.81. The monoisotopic (exact) mass is 345 g/mol. The minimum absolute atomic E-state index is 0.0406. The van der Waals surface area contributed by atoms with Gasteiger partial charge in [-0.3, -0.25) is 9.59 Å². The van der Waals surface area contributed by atoms with E-state index >= 15 is 0 Å². The van der Waals surface area contributed by atoms with Crippen LogP contribution < -0.4 is 5.32 Å². The van der Waals surface area contributed by atoms with E-state index in [9.17, 15) is 9.59 Å². The number of aliphatic carboxylic acids is 1. The summed E-state index contributed by atoms with van der Waals surface area (Å²) in [7, 11) is 0. The molecular formula is C18H23N3O4. The van der Waals surface area contributed by atoms with Gasteiger partial charge in [0, 0.05) is 11.6 Å². The predicted molar refractivity (Wildman–Crippen MR) is 91.5 cm³/mol. The number of hydrogen-bond acceptors (Lipinski definition) is 5. The van der Waals surface area contributed by atoms with Gasteiger partial charge in [-0.25, -0.2) is 4.98 Å². The Kier molecular flexibility index (Phi) is 4.26. The van der Waals surface area contributed by atoms with Gasteiger partial charge in [-0.05, 0) is 37.7 Å². The maximum Gasteiger partial charge on any atom is 0.325 e. The van der Waals surface area contributed by atoms with Gasteiger partial charge in [0.2, 0.25) is 0 Å². The maximum atomic E-state index is 12.7. The molecule has 1 fully saturated rings. The number of amides is 1. The van der Waals surface area contributed by atoms with E-state index in [4.69, 9.17) is 9.63 Å². The highest BCUT2D eigenvalue weighted by atomic mass is 16.5. The first kappa shape index (κ1) is 17.4. The summed E-state index contributed by atoms with van der Waals surface area (Å²) in [5, 5.41) is 16.3. The van der Waals surface area contributed by atoms with Crippen molar-refractivity contribution in [2.24, 2.45) is 5.41 Å². The number of carboxylic acid groups (broad SMARTS) is 1. The zero-order valence-corrected chi connectivity index (χ0v) is 14.9. The first-order valence-corrected chi connectivity index (χ1v) is 8.48. The normalized spacial score (nSPS) is 16.0. The maximum absolute atomic E-state index is 12.7. The SMILES string of the molecule is CC(NC(=O)c1cc(C2CC2)nc2onc(CC(C)(C)C)c12)C(=O)O. The van der Waals surface area contributed by atoms with Gasteiger partial charge in [0.1, 0.15) is 6.04 Å². The number of carboxylic acids is 1. The van der Waals surface area contributed by atoms with Crippen LogP contribution in [0, 0.1) is 5.41 Å². The fraction of sp³-hybridized carbons (Fsp3) is 0.556. The van der Waals surface area contributed by atoms with Crippen LogP contribution in [0.5, 0.6) is 0 Å². The summed E-state index contributed by atoms with van der Waals surface area (Å²) in [4.78, 5) is 28.3. The second-order valence-corrected chi connectivity index (χ2v) is 7.95. The van der Waals surface area contributed by atoms with Crippen LogP contribution in [-0.2, 0) is 11.2 Å². The molecule has 1 atom stereocenters. The molecule has 1 saturated carbocycles. The Bertz CT molecular complexity index is 831. The van der Waals surface area contributed by atoms with Gasteiger partial charge in [-0.2, -0.15) is 0 Å². The summed E-state index contributed by atoms with van der Waals surface area (Å²) in [6.07, 6.45) is 2.70. The number of rotatable bonds is 5. The highest BCUT2D eigenvalue weighted by Gasteiger charge is 2.30. The van der Waals surface area contributed by atoms with Gasteiger partial charge in [-0.15, -0.1) is 0 Å². The molecule has 25 heavy (non-hydrogen) atoms. The van der Waals surface area contributed by atoms with Crippen molar-refractivity contribution < 1.29 is 19.2 Å². The Morgan fingerprint density at radius 2 is 2.08 bits per heavy atom. The van der Waals surface area contributed by atoms with Crippen molar-refractivity contribution in [3.63, 3.8) is 0 Å². The molecule has 2 heterocycles. The molecule has 1 amide bonds. The molecule has 0 saturated heterocycles. The molecule has 1 aliphatic carbocycles. The van der Waals surface area contributed by atoms with Crippen LogP contribution in [0.25, 0.3) is 11.1 Å². The van der Waals surface area contributed by atoms with Crippen molar-refractivity contribution >= 4 is 23.0 Å². The Morgan fingerprint density at radius 3 is 2.64 bits per heavy atom. The number of aromatic nitrogens is 2. The van der Waals surface area contributed by atoms with Crippen LogP contribution in [0.2, 0.25) is 0 Å². The Morgan fingerprint density at radius 1 is 1.40 bits per heavy atom. The summed E-state index contributed by atoms with van der Waals surface area (Å²) < 4.78 is 5.40. The molecule has 1 unspecified atom stereocenters. The van der Waals surface area contributed by atoms with Crippen molar-refractivity contribution in [2.75, 3.05) is 0 Å². The summed E-state index contributed by atoms with van der Waals surface area (Å²) in [6, 6.07) is 0.777. The zero-order chi connectivity index (χ0) is 18.4. The average Bonchev–Trinajstić information content (AvgIpc) is 3.28. The molecule has 0 radical (unpaired) electrons. The topological polar surface area (TPSA) is 105 Å². The molecule has 0 spiro atoms. The van der Waals surface area contributed by atoms with Gasteiger partial charge >= 0.3 is 5.97 Å². The number of carbonyl (C=O) groups is 2. The molecule has 7 nitrogen and oxygen atoms in total. The van der Waals surface area contributed by atoms with Crippen LogP contribution in [0.15, 0.2) is 10.6 Å². The Balaban J connectivity index is 2.07. The quantitative estimate of drug-likeness (QED) is 0.863. The van der Waals surface area contributed by atoms with Crippen molar-refractivity contribution in [3.05, 3.63) is 23.0 Å². The van der Waals surface area contributed by atoms with Gasteiger partial charge in [0.15, 0.2) is 0 Å². The van der Waals surface area contributed by atoms with Gasteiger partial charge in [0.25, 0.3) is 11.6 Å². The van der Waals surface area contributed by atoms with Crippen molar-refractivity contribution in [1.29, 1.82) is 0 Å². The van der Waals surface area contributed by atoms with Crippen LogP contribution in [0.3, 0.4) is 0 Å². The molecule has 134 valence electrons. The molecular weight excluding hydrogens is 322 g/mol. The minimum atomic E-state index is -1.08. The summed E-state index contributed by atoms with van der Waals surface area (Å²) in [6.45, 7) is 7.66. The molecule has 2 aromatic heterocycles. The van der Waals surface area contributed by atoms with Gasteiger partial charge in [-0.1, -0.05) is 25.9 Å². The van der Waals surface area contributed by atoms with Crippen LogP contribution in [0.4, 0.5) is 0 Å². The lowest BCUT2D eigenvalue weighted by Gasteiger charge is -2.16. The summed E-state index contributed by atoms with van der Waals surface area (Å²) in [5.41, 5.74) is 2.17. The van der Waals surface area contributed by atoms with Crippen LogP contribution in [0.1, 0.15) is 68.2 Å². The first-order chi connectivity index (χ1) is 11.7. The van der Waals surface area contributed by atoms with Crippen molar-refractivity contribution in [3.8, 4) is 0 Å². The fourth-order valence-corrected chi connectivity index (χ4v) is 2.76. The van der Waals surface area contributed by atoms with E-state index in [1.54, 1.807) is 6.07 Å². The summed E-state index contributed by atoms with van der Waals surface area (Å²) >= 11 is 0. The molecule has 0 aromatic carbocycles. The first-order valence-electron chi connectivity index (χ1n) is 8.48. The Hall–Kier alpha value is -2.44. The van der Waals surface area contributed by atoms with E-state index < -0.39 is 17.9 Å². The second kappa shape index (κ2) is 6.13. The van der Waals surface area contributed by atoms with Crippen LogP contribution >= 0.6 is 0 Å². The zero-order valence-electron chi connectivity index (χ0n) is 14.9. The highest BCUT2D eigenvalue weighted by molar-refractivity contribution is 6.07. The largest absolute Gasteiger partial charge is 0.480 e. The van der Waals surface area contributed by atoms with E-state index in [1.807, 2.05) is 0 Å². The number of carbonyl (C=O) groups excluding carboxylic acids is 1. The lowest BCUT2D eigenvalue weighted by atomic mass is 9.89. The molecule has 7 heteroatoms. The summed E-state index contributed by atoms with van der Waals surface area (Å²) in [5.74, 6) is -1.19. The number of hydrogen-bond donors (Lipinski definition) is 2. The van der Waals surface area contributed by atoms with Gasteiger partial charge in [0.05, 0.1) is 16.6 Å². The van der Waals surface area contributed by atoms with Crippen LogP contribution in [-0.4, -0.2) is 33.2 Å². The number of nitrogens with one attached hydrogen (secondary N) is 1. The van der Waals surface area contributed by atoms with Crippen molar-refractivity contribution in [2.45, 2.75) is 58.9 Å². The number of fused-ring (bicyclic) bond motifs is 1. The average molecular weight is 345 g/mol. The van der Waals surface area contributed by atoms with E-state index in [0.29, 0.717) is 34.7 Å². The predicted octanol–water partition coefficient (Wildman–Crippen LogP) is 2.89. The lowest BCUT2D eigenvalue weighted by Crippen LogP contribution is -2.38. The second-order valence-electron chi connectivity index (χ2n) is 7.95. The van der Waals surface area contributed by atoms with E-state index in [0.717, 1.165) is 18.5 Å². The molecule has 3 rings (SSSR count). The van der Waals surface area contributed by atoms with E-state index in [-0.39, 0.29) is 5.41 Å². The van der Waals surface area contributed by atoms with Crippen molar-refractivity contribution in [1.82, 2.24) is 15.5 Å². The fourth-order valence-electron chi connectivity index (χ4n) is 2.76. The highest BCUT2D eigenvalue weighted by Crippen LogP contribution is 2.40. The van der Waals surface area contributed by atoms with E-state index in [1.165, 1.54) is 6.92 Å². The molecule has 1 aliphatic rings. The minimum Gasteiger partial charge on any atom is -0.480 e. The number of nitrogens with zero attached hydrogens (tertiary/aromatic N) is 2.